The highest BCUT2D eigenvalue weighted by molar-refractivity contribution is 5.88. The second kappa shape index (κ2) is 6.29. The number of ether oxygens (including phenoxy) is 1. The molecule has 0 aliphatic carbocycles. The monoisotopic (exact) mass is 267 g/mol. The van der Waals surface area contributed by atoms with Crippen LogP contribution in [0.3, 0.4) is 0 Å². The van der Waals surface area contributed by atoms with Crippen LogP contribution in [0.5, 0.6) is 5.75 Å². The molecule has 0 N–H and O–H groups in total. The summed E-state index contributed by atoms with van der Waals surface area (Å²) in [5.74, 6) is 0.896. The van der Waals surface area contributed by atoms with E-state index < -0.39 is 0 Å². The van der Waals surface area contributed by atoms with Crippen molar-refractivity contribution in [3.63, 3.8) is 0 Å². The Morgan fingerprint density at radius 1 is 0.900 bits per heavy atom. The molecule has 0 bridgehead atoms. The normalized spacial score (nSPS) is 10.0. The van der Waals surface area contributed by atoms with E-state index in [4.69, 9.17) is 4.74 Å². The predicted molar refractivity (Wildman–Crippen MR) is 86.3 cm³/mol. The van der Waals surface area contributed by atoms with Gasteiger partial charge in [0.05, 0.1) is 7.11 Å². The summed E-state index contributed by atoms with van der Waals surface area (Å²) in [7, 11) is 3.79. The highest BCUT2D eigenvalue weighted by Gasteiger charge is 2.07. The lowest BCUT2D eigenvalue weighted by molar-refractivity contribution is 0.415. The van der Waals surface area contributed by atoms with Crippen molar-refractivity contribution >= 4 is 10.9 Å². The largest absolute Gasteiger partial charge is 0.497 e. The van der Waals surface area contributed by atoms with Crippen LogP contribution in [0.15, 0.2) is 54.6 Å². The molecule has 0 amide bonds. The maximum Gasteiger partial charge on any atom is 0.119 e. The first-order valence-electron chi connectivity index (χ1n) is 6.98. The summed E-state index contributed by atoms with van der Waals surface area (Å²) in [4.78, 5) is 0. The van der Waals surface area contributed by atoms with Crippen molar-refractivity contribution in [1.82, 2.24) is 4.57 Å². The Labute approximate surface area is 120 Å². The van der Waals surface area contributed by atoms with Crippen LogP contribution in [0.25, 0.3) is 22.2 Å². The second-order valence-electron chi connectivity index (χ2n) is 4.38. The highest BCUT2D eigenvalue weighted by atomic mass is 16.5. The fourth-order valence-corrected chi connectivity index (χ4v) is 2.34. The second-order valence-corrected chi connectivity index (χ2v) is 4.38. The fraction of sp³-hybridized carbons (Fsp3) is 0.222. The average molecular weight is 267 g/mol. The van der Waals surface area contributed by atoms with Crippen molar-refractivity contribution in [2.24, 2.45) is 7.05 Å². The molecule has 0 unspecified atom stereocenters. The minimum absolute atomic E-state index is 0.896. The van der Waals surface area contributed by atoms with E-state index in [-0.39, 0.29) is 0 Å². The van der Waals surface area contributed by atoms with Gasteiger partial charge in [-0.05, 0) is 29.8 Å². The first kappa shape index (κ1) is 14.2. The number of hydrogen-bond donors (Lipinski definition) is 0. The van der Waals surface area contributed by atoms with Crippen LogP contribution in [-0.2, 0) is 7.05 Å². The van der Waals surface area contributed by atoms with Crippen LogP contribution in [0.4, 0.5) is 0 Å². The van der Waals surface area contributed by atoms with E-state index in [1.165, 1.54) is 22.2 Å². The molecule has 0 fully saturated rings. The predicted octanol–water partition coefficient (Wildman–Crippen LogP) is 4.88. The molecule has 0 atom stereocenters. The van der Waals surface area contributed by atoms with E-state index in [1.54, 1.807) is 7.11 Å². The summed E-state index contributed by atoms with van der Waals surface area (Å²) in [6.45, 7) is 4.00. The van der Waals surface area contributed by atoms with E-state index in [0.717, 1.165) is 5.75 Å². The van der Waals surface area contributed by atoms with Crippen LogP contribution in [0.2, 0.25) is 0 Å². The number of aryl methyl sites for hydroxylation is 1. The summed E-state index contributed by atoms with van der Waals surface area (Å²) in [5.41, 5.74) is 3.67. The summed E-state index contributed by atoms with van der Waals surface area (Å²) in [6, 6.07) is 18.8. The average Bonchev–Trinajstić information content (AvgIpc) is 2.86. The number of nitrogens with zero attached hydrogens (tertiary/aromatic N) is 1. The molecule has 0 aliphatic rings. The van der Waals surface area contributed by atoms with Crippen molar-refractivity contribution in [2.75, 3.05) is 7.11 Å². The topological polar surface area (TPSA) is 14.2 Å². The summed E-state index contributed by atoms with van der Waals surface area (Å²) >= 11 is 0. The Bertz CT molecular complexity index is 683. The van der Waals surface area contributed by atoms with Crippen molar-refractivity contribution in [3.05, 3.63) is 54.6 Å². The van der Waals surface area contributed by atoms with Gasteiger partial charge in [0, 0.05) is 23.6 Å². The molecule has 2 nitrogen and oxygen atoms in total. The molecule has 0 saturated heterocycles. The molecular formula is C18H21NO. The molecule has 3 rings (SSSR count). The number of aromatic nitrogens is 1. The summed E-state index contributed by atoms with van der Waals surface area (Å²) in [6.07, 6.45) is 0. The molecule has 104 valence electrons. The van der Waals surface area contributed by atoms with Crippen LogP contribution >= 0.6 is 0 Å². The molecule has 2 aromatic carbocycles. The molecule has 2 heteroatoms. The first-order chi connectivity index (χ1) is 9.79. The lowest BCUT2D eigenvalue weighted by atomic mass is 10.1. The van der Waals surface area contributed by atoms with Crippen molar-refractivity contribution in [1.29, 1.82) is 0 Å². The van der Waals surface area contributed by atoms with Crippen LogP contribution < -0.4 is 4.74 Å². The van der Waals surface area contributed by atoms with Gasteiger partial charge < -0.3 is 9.30 Å². The molecular weight excluding hydrogens is 246 g/mol. The molecule has 1 aromatic heterocycles. The Kier molecular flexibility index (Phi) is 4.46. The molecule has 0 spiro atoms. The standard InChI is InChI=1S/C16H15NO.C2H6/c1-17-15-9-8-14(18-2)10-13(15)11-16(17)12-6-4-3-5-7-12;1-2/h3-11H,1-2H3;1-2H3. The number of hydrogen-bond acceptors (Lipinski definition) is 1. The SMILES string of the molecule is CC.COc1ccc2c(c1)cc(-c1ccccc1)n2C. The fourth-order valence-electron chi connectivity index (χ4n) is 2.34. The molecule has 0 saturated carbocycles. The first-order valence-corrected chi connectivity index (χ1v) is 6.98. The number of rotatable bonds is 2. The highest BCUT2D eigenvalue weighted by Crippen LogP contribution is 2.29. The molecule has 0 aliphatic heterocycles. The van der Waals surface area contributed by atoms with Crippen molar-refractivity contribution < 1.29 is 4.74 Å². The van der Waals surface area contributed by atoms with E-state index in [9.17, 15) is 0 Å². The molecule has 20 heavy (non-hydrogen) atoms. The van der Waals surface area contributed by atoms with Gasteiger partial charge in [0.1, 0.15) is 5.75 Å². The summed E-state index contributed by atoms with van der Waals surface area (Å²) in [5, 5.41) is 1.20. The van der Waals surface area contributed by atoms with E-state index in [0.29, 0.717) is 0 Å². The zero-order chi connectivity index (χ0) is 14.5. The minimum atomic E-state index is 0.896. The van der Waals surface area contributed by atoms with Crippen molar-refractivity contribution in [2.45, 2.75) is 13.8 Å². The van der Waals surface area contributed by atoms with Gasteiger partial charge in [-0.15, -0.1) is 0 Å². The van der Waals surface area contributed by atoms with Gasteiger partial charge >= 0.3 is 0 Å². The minimum Gasteiger partial charge on any atom is -0.497 e. The third-order valence-corrected chi connectivity index (χ3v) is 3.32. The summed E-state index contributed by atoms with van der Waals surface area (Å²) < 4.78 is 7.48. The Hall–Kier alpha value is -2.22. The van der Waals surface area contributed by atoms with Crippen LogP contribution in [0, 0.1) is 0 Å². The smallest absolute Gasteiger partial charge is 0.119 e. The van der Waals surface area contributed by atoms with Gasteiger partial charge in [-0.25, -0.2) is 0 Å². The zero-order valence-corrected chi connectivity index (χ0v) is 12.6. The van der Waals surface area contributed by atoms with E-state index in [1.807, 2.05) is 26.0 Å². The third kappa shape index (κ3) is 2.55. The lowest BCUT2D eigenvalue weighted by Gasteiger charge is -2.04. The molecule has 3 aromatic rings. The van der Waals surface area contributed by atoms with Gasteiger partial charge in [-0.1, -0.05) is 44.2 Å². The number of benzene rings is 2. The van der Waals surface area contributed by atoms with Crippen LogP contribution in [-0.4, -0.2) is 11.7 Å². The third-order valence-electron chi connectivity index (χ3n) is 3.32. The number of fused-ring (bicyclic) bond motifs is 1. The Morgan fingerprint density at radius 3 is 2.25 bits per heavy atom. The van der Waals surface area contributed by atoms with Crippen molar-refractivity contribution in [3.8, 4) is 17.0 Å². The van der Waals surface area contributed by atoms with Gasteiger partial charge in [0.25, 0.3) is 0 Å². The maximum absolute atomic E-state index is 5.27. The van der Waals surface area contributed by atoms with E-state index in [2.05, 4.69) is 54.1 Å². The zero-order valence-electron chi connectivity index (χ0n) is 12.6. The van der Waals surface area contributed by atoms with Gasteiger partial charge in [0.15, 0.2) is 0 Å². The van der Waals surface area contributed by atoms with Crippen LogP contribution in [0.1, 0.15) is 13.8 Å². The number of methoxy groups -OCH3 is 1. The Morgan fingerprint density at radius 2 is 1.60 bits per heavy atom. The molecule has 0 radical (unpaired) electrons. The quantitative estimate of drug-likeness (QED) is 0.645. The van der Waals surface area contributed by atoms with Gasteiger partial charge in [-0.2, -0.15) is 0 Å². The van der Waals surface area contributed by atoms with E-state index >= 15 is 0 Å². The lowest BCUT2D eigenvalue weighted by Crippen LogP contribution is -1.90. The maximum atomic E-state index is 5.27. The van der Waals surface area contributed by atoms with Gasteiger partial charge in [-0.3, -0.25) is 0 Å². The Balaban J connectivity index is 0.000000704. The molecule has 1 heterocycles. The van der Waals surface area contributed by atoms with Gasteiger partial charge in [0.2, 0.25) is 0 Å².